The Balaban J connectivity index is 1.56. The molecule has 0 unspecified atom stereocenters. The lowest BCUT2D eigenvalue weighted by Crippen LogP contribution is -2.48. The summed E-state index contributed by atoms with van der Waals surface area (Å²) in [6.07, 6.45) is 6.56. The Labute approximate surface area is 133 Å². The molecule has 1 atom stereocenters. The average molecular weight is 298 g/mol. The molecule has 1 fully saturated rings. The van der Waals surface area contributed by atoms with E-state index in [0.717, 1.165) is 19.6 Å². The van der Waals surface area contributed by atoms with Crippen molar-refractivity contribution in [1.29, 1.82) is 0 Å². The highest BCUT2D eigenvalue weighted by Crippen LogP contribution is 2.30. The monoisotopic (exact) mass is 298 g/mol. The fourth-order valence-corrected chi connectivity index (χ4v) is 3.39. The second-order valence-corrected chi connectivity index (χ2v) is 6.63. The van der Waals surface area contributed by atoms with Crippen LogP contribution in [0.2, 0.25) is 0 Å². The minimum Gasteiger partial charge on any atom is -0.311 e. The molecule has 1 saturated heterocycles. The summed E-state index contributed by atoms with van der Waals surface area (Å²) in [6.45, 7) is 6.54. The Morgan fingerprint density at radius 1 is 1.23 bits per heavy atom. The van der Waals surface area contributed by atoms with Crippen LogP contribution in [0.4, 0.5) is 0 Å². The lowest BCUT2D eigenvalue weighted by atomic mass is 9.98. The quantitative estimate of drug-likeness (QED) is 0.890. The smallest absolute Gasteiger partial charge is 0.0534 e. The molecular formula is C18H26N4. The van der Waals surface area contributed by atoms with E-state index >= 15 is 0 Å². The van der Waals surface area contributed by atoms with Gasteiger partial charge in [0.25, 0.3) is 0 Å². The Morgan fingerprint density at radius 2 is 2.05 bits per heavy atom. The van der Waals surface area contributed by atoms with E-state index in [1.807, 2.05) is 17.9 Å². The van der Waals surface area contributed by atoms with Crippen molar-refractivity contribution in [3.63, 3.8) is 0 Å². The molecule has 1 N–H and O–H groups in total. The molecule has 1 aromatic carbocycles. The summed E-state index contributed by atoms with van der Waals surface area (Å²) in [5, 5.41) is 7.84. The molecule has 0 amide bonds. The number of hydrogen-bond donors (Lipinski definition) is 1. The molecule has 118 valence electrons. The summed E-state index contributed by atoms with van der Waals surface area (Å²) in [7, 11) is 1.96. The SMILES string of the molecule is Cn1cc(CNC[C@@]2(C)CCCN2Cc2ccccc2)cn1. The summed E-state index contributed by atoms with van der Waals surface area (Å²) in [4.78, 5) is 2.62. The van der Waals surface area contributed by atoms with Crippen LogP contribution in [0, 0.1) is 0 Å². The predicted octanol–water partition coefficient (Wildman–Crippen LogP) is 2.56. The normalized spacial score (nSPS) is 22.3. The maximum atomic E-state index is 4.22. The van der Waals surface area contributed by atoms with E-state index < -0.39 is 0 Å². The van der Waals surface area contributed by atoms with E-state index in [1.54, 1.807) is 0 Å². The lowest BCUT2D eigenvalue weighted by Gasteiger charge is -2.35. The first-order valence-electron chi connectivity index (χ1n) is 8.13. The van der Waals surface area contributed by atoms with Gasteiger partial charge in [0.15, 0.2) is 0 Å². The zero-order valence-electron chi connectivity index (χ0n) is 13.6. The Bertz CT molecular complexity index is 592. The second-order valence-electron chi connectivity index (χ2n) is 6.63. The Morgan fingerprint density at radius 3 is 2.77 bits per heavy atom. The molecule has 2 aromatic rings. The van der Waals surface area contributed by atoms with E-state index in [-0.39, 0.29) is 5.54 Å². The van der Waals surface area contributed by atoms with Gasteiger partial charge < -0.3 is 5.32 Å². The van der Waals surface area contributed by atoms with Crippen LogP contribution in [0.15, 0.2) is 42.7 Å². The highest BCUT2D eigenvalue weighted by molar-refractivity contribution is 5.15. The van der Waals surface area contributed by atoms with Gasteiger partial charge in [0, 0.05) is 44.0 Å². The van der Waals surface area contributed by atoms with Gasteiger partial charge in [-0.15, -0.1) is 0 Å². The Hall–Kier alpha value is -1.65. The van der Waals surface area contributed by atoms with E-state index in [4.69, 9.17) is 0 Å². The number of aryl methyl sites for hydroxylation is 1. The van der Waals surface area contributed by atoms with Crippen LogP contribution in [0.1, 0.15) is 30.9 Å². The molecule has 1 aliphatic heterocycles. The fourth-order valence-electron chi connectivity index (χ4n) is 3.39. The molecule has 22 heavy (non-hydrogen) atoms. The summed E-state index contributed by atoms with van der Waals surface area (Å²) in [6, 6.07) is 10.8. The van der Waals surface area contributed by atoms with Gasteiger partial charge in [-0.05, 0) is 31.9 Å². The van der Waals surface area contributed by atoms with Crippen molar-refractivity contribution >= 4 is 0 Å². The number of nitrogens with zero attached hydrogens (tertiary/aromatic N) is 3. The molecule has 1 aliphatic rings. The zero-order valence-corrected chi connectivity index (χ0v) is 13.6. The van der Waals surface area contributed by atoms with Crippen LogP contribution in [-0.2, 0) is 20.1 Å². The maximum Gasteiger partial charge on any atom is 0.0534 e. The van der Waals surface area contributed by atoms with Gasteiger partial charge in [-0.25, -0.2) is 0 Å². The minimum absolute atomic E-state index is 0.248. The topological polar surface area (TPSA) is 33.1 Å². The highest BCUT2D eigenvalue weighted by atomic mass is 15.2. The van der Waals surface area contributed by atoms with Crippen LogP contribution in [0.25, 0.3) is 0 Å². The average Bonchev–Trinajstić information content (AvgIpc) is 3.08. The predicted molar refractivity (Wildman–Crippen MR) is 89.4 cm³/mol. The molecule has 4 nitrogen and oxygen atoms in total. The summed E-state index contributed by atoms with van der Waals surface area (Å²) in [5.74, 6) is 0. The molecule has 0 spiro atoms. The number of rotatable bonds is 6. The van der Waals surface area contributed by atoms with Crippen molar-refractivity contribution in [3.05, 3.63) is 53.9 Å². The van der Waals surface area contributed by atoms with Gasteiger partial charge in [-0.2, -0.15) is 5.10 Å². The molecule has 0 radical (unpaired) electrons. The number of likely N-dealkylation sites (tertiary alicyclic amines) is 1. The first-order valence-corrected chi connectivity index (χ1v) is 8.13. The highest BCUT2D eigenvalue weighted by Gasteiger charge is 2.35. The first-order chi connectivity index (χ1) is 10.7. The van der Waals surface area contributed by atoms with Crippen LogP contribution in [0.3, 0.4) is 0 Å². The summed E-state index contributed by atoms with van der Waals surface area (Å²) in [5.41, 5.74) is 2.90. The molecule has 2 heterocycles. The van der Waals surface area contributed by atoms with Crippen LogP contribution in [-0.4, -0.2) is 33.3 Å². The van der Waals surface area contributed by atoms with E-state index in [9.17, 15) is 0 Å². The maximum absolute atomic E-state index is 4.22. The zero-order chi connectivity index (χ0) is 15.4. The van der Waals surface area contributed by atoms with Crippen molar-refractivity contribution in [2.45, 2.75) is 38.4 Å². The van der Waals surface area contributed by atoms with Crippen molar-refractivity contribution in [1.82, 2.24) is 20.0 Å². The molecule has 3 rings (SSSR count). The third-order valence-corrected chi connectivity index (χ3v) is 4.72. The number of nitrogens with one attached hydrogen (secondary N) is 1. The van der Waals surface area contributed by atoms with Crippen molar-refractivity contribution in [2.24, 2.45) is 7.05 Å². The van der Waals surface area contributed by atoms with Crippen LogP contribution in [0.5, 0.6) is 0 Å². The number of aromatic nitrogens is 2. The third-order valence-electron chi connectivity index (χ3n) is 4.72. The Kier molecular flexibility index (Phi) is 4.60. The van der Waals surface area contributed by atoms with Crippen molar-refractivity contribution < 1.29 is 0 Å². The molecule has 0 saturated carbocycles. The van der Waals surface area contributed by atoms with E-state index in [0.29, 0.717) is 0 Å². The minimum atomic E-state index is 0.248. The van der Waals surface area contributed by atoms with Crippen molar-refractivity contribution in [3.8, 4) is 0 Å². The van der Waals surface area contributed by atoms with Gasteiger partial charge in [-0.1, -0.05) is 30.3 Å². The van der Waals surface area contributed by atoms with Gasteiger partial charge in [0.1, 0.15) is 0 Å². The standard InChI is InChI=1S/C18H26N4/c1-18(15-19-11-17-12-20-21(2)13-17)9-6-10-22(18)14-16-7-4-3-5-8-16/h3-5,7-8,12-13,19H,6,9-11,14-15H2,1-2H3/t18-/m1/s1. The van der Waals surface area contributed by atoms with E-state index in [2.05, 4.69) is 58.8 Å². The van der Waals surface area contributed by atoms with E-state index in [1.165, 1.54) is 30.5 Å². The molecular weight excluding hydrogens is 272 g/mol. The summed E-state index contributed by atoms with van der Waals surface area (Å²) >= 11 is 0. The van der Waals surface area contributed by atoms with Gasteiger partial charge in [0.2, 0.25) is 0 Å². The van der Waals surface area contributed by atoms with Gasteiger partial charge in [-0.3, -0.25) is 9.58 Å². The fraction of sp³-hybridized carbons (Fsp3) is 0.500. The first kappa shape index (κ1) is 15.3. The third kappa shape index (κ3) is 3.57. The number of benzene rings is 1. The van der Waals surface area contributed by atoms with Crippen molar-refractivity contribution in [2.75, 3.05) is 13.1 Å². The van der Waals surface area contributed by atoms with Gasteiger partial charge in [0.05, 0.1) is 6.20 Å². The largest absolute Gasteiger partial charge is 0.311 e. The molecule has 0 bridgehead atoms. The van der Waals surface area contributed by atoms with Crippen LogP contribution < -0.4 is 5.32 Å². The molecule has 0 aliphatic carbocycles. The van der Waals surface area contributed by atoms with Crippen LogP contribution >= 0.6 is 0 Å². The lowest BCUT2D eigenvalue weighted by molar-refractivity contribution is 0.144. The molecule has 4 heteroatoms. The molecule has 1 aromatic heterocycles. The number of hydrogen-bond acceptors (Lipinski definition) is 3. The summed E-state index contributed by atoms with van der Waals surface area (Å²) < 4.78 is 1.86. The second kappa shape index (κ2) is 6.63. The van der Waals surface area contributed by atoms with Gasteiger partial charge >= 0.3 is 0 Å².